The molecule has 0 radical (unpaired) electrons. The van der Waals surface area contributed by atoms with Crippen molar-refractivity contribution in [3.8, 4) is 0 Å². The summed E-state index contributed by atoms with van der Waals surface area (Å²) in [6.45, 7) is -0.0258. The second kappa shape index (κ2) is 6.09. The molecule has 0 unspecified atom stereocenters. The summed E-state index contributed by atoms with van der Waals surface area (Å²) in [5.41, 5.74) is 0.259. The molecular weight excluding hydrogens is 335 g/mol. The molecule has 0 fully saturated rings. The van der Waals surface area contributed by atoms with E-state index in [2.05, 4.69) is 21.2 Å². The summed E-state index contributed by atoms with van der Waals surface area (Å²) in [6, 6.07) is 7.63. The average Bonchev–Trinajstić information content (AvgIpc) is 2.43. The van der Waals surface area contributed by atoms with Gasteiger partial charge in [0.2, 0.25) is 0 Å². The van der Waals surface area contributed by atoms with Crippen LogP contribution in [0.4, 0.5) is 13.2 Å². The van der Waals surface area contributed by atoms with Crippen LogP contribution in [-0.2, 0) is 6.54 Å². The minimum Gasteiger partial charge on any atom is -0.348 e. The lowest BCUT2D eigenvalue weighted by Crippen LogP contribution is -2.24. The maximum absolute atomic E-state index is 13.7. The Morgan fingerprint density at radius 2 is 1.85 bits per heavy atom. The molecule has 2 aromatic carbocycles. The van der Waals surface area contributed by atoms with E-state index >= 15 is 0 Å². The summed E-state index contributed by atoms with van der Waals surface area (Å²) >= 11 is 2.98. The van der Waals surface area contributed by atoms with Crippen LogP contribution in [0.2, 0.25) is 0 Å². The standard InChI is InChI=1S/C14H9BrF3NO/c15-10-3-1-2-9(13(10)18)14(20)19-7-8-4-5-11(16)12(17)6-8/h1-6H,7H2,(H,19,20). The van der Waals surface area contributed by atoms with Gasteiger partial charge in [-0.25, -0.2) is 13.2 Å². The Hall–Kier alpha value is -1.82. The molecule has 0 aliphatic rings. The van der Waals surface area contributed by atoms with Gasteiger partial charge >= 0.3 is 0 Å². The van der Waals surface area contributed by atoms with Crippen LogP contribution in [0.15, 0.2) is 40.9 Å². The zero-order chi connectivity index (χ0) is 14.7. The molecule has 0 aromatic heterocycles. The Labute approximate surface area is 121 Å². The second-order valence-electron chi connectivity index (χ2n) is 4.03. The summed E-state index contributed by atoms with van der Waals surface area (Å²) in [5.74, 6) is -3.26. The number of benzene rings is 2. The minimum absolute atomic E-state index is 0.0258. The number of amides is 1. The number of halogens is 4. The van der Waals surface area contributed by atoms with E-state index in [4.69, 9.17) is 0 Å². The number of hydrogen-bond acceptors (Lipinski definition) is 1. The van der Waals surface area contributed by atoms with E-state index in [0.29, 0.717) is 5.56 Å². The molecule has 0 saturated heterocycles. The highest BCUT2D eigenvalue weighted by molar-refractivity contribution is 9.10. The van der Waals surface area contributed by atoms with E-state index in [-0.39, 0.29) is 16.6 Å². The van der Waals surface area contributed by atoms with E-state index in [1.807, 2.05) is 0 Å². The van der Waals surface area contributed by atoms with Crippen molar-refractivity contribution >= 4 is 21.8 Å². The number of hydrogen-bond donors (Lipinski definition) is 1. The van der Waals surface area contributed by atoms with Crippen LogP contribution in [0, 0.1) is 17.5 Å². The lowest BCUT2D eigenvalue weighted by molar-refractivity contribution is 0.0946. The van der Waals surface area contributed by atoms with Crippen LogP contribution in [0.5, 0.6) is 0 Å². The van der Waals surface area contributed by atoms with Crippen LogP contribution in [0.1, 0.15) is 15.9 Å². The van der Waals surface area contributed by atoms with Gasteiger partial charge < -0.3 is 5.32 Å². The highest BCUT2D eigenvalue weighted by Crippen LogP contribution is 2.18. The zero-order valence-corrected chi connectivity index (χ0v) is 11.7. The predicted octanol–water partition coefficient (Wildman–Crippen LogP) is 3.80. The Bertz CT molecular complexity index is 661. The quantitative estimate of drug-likeness (QED) is 0.902. The fraction of sp³-hybridized carbons (Fsp3) is 0.0714. The number of rotatable bonds is 3. The van der Waals surface area contributed by atoms with Crippen LogP contribution >= 0.6 is 15.9 Å². The lowest BCUT2D eigenvalue weighted by Gasteiger charge is -2.07. The molecule has 2 rings (SSSR count). The summed E-state index contributed by atoms with van der Waals surface area (Å²) in [7, 11) is 0. The van der Waals surface area contributed by atoms with Gasteiger partial charge in [-0.1, -0.05) is 12.1 Å². The normalized spacial score (nSPS) is 10.4. The molecule has 0 spiro atoms. The summed E-state index contributed by atoms with van der Waals surface area (Å²) in [5, 5.41) is 2.44. The number of carbonyl (C=O) groups is 1. The second-order valence-corrected chi connectivity index (χ2v) is 4.89. The van der Waals surface area contributed by atoms with E-state index in [0.717, 1.165) is 12.1 Å². The van der Waals surface area contributed by atoms with Crippen molar-refractivity contribution in [3.63, 3.8) is 0 Å². The molecule has 0 aliphatic heterocycles. The third-order valence-corrected chi connectivity index (χ3v) is 3.25. The number of nitrogens with one attached hydrogen (secondary N) is 1. The van der Waals surface area contributed by atoms with Crippen molar-refractivity contribution in [1.82, 2.24) is 5.32 Å². The molecule has 0 atom stereocenters. The number of carbonyl (C=O) groups excluding carboxylic acids is 1. The minimum atomic E-state index is -0.995. The van der Waals surface area contributed by atoms with Crippen molar-refractivity contribution in [2.24, 2.45) is 0 Å². The van der Waals surface area contributed by atoms with E-state index in [1.165, 1.54) is 24.3 Å². The highest BCUT2D eigenvalue weighted by Gasteiger charge is 2.13. The SMILES string of the molecule is O=C(NCc1ccc(F)c(F)c1)c1cccc(Br)c1F. The molecule has 0 saturated carbocycles. The van der Waals surface area contributed by atoms with Crippen molar-refractivity contribution in [2.45, 2.75) is 6.54 Å². The van der Waals surface area contributed by atoms with Crippen molar-refractivity contribution in [2.75, 3.05) is 0 Å². The van der Waals surface area contributed by atoms with Crippen LogP contribution < -0.4 is 5.32 Å². The molecule has 0 bridgehead atoms. The monoisotopic (exact) mass is 343 g/mol. The first-order valence-corrected chi connectivity index (χ1v) is 6.44. The van der Waals surface area contributed by atoms with Gasteiger partial charge in [0, 0.05) is 6.54 Å². The Morgan fingerprint density at radius 1 is 1.10 bits per heavy atom. The topological polar surface area (TPSA) is 29.1 Å². The van der Waals surface area contributed by atoms with Crippen LogP contribution in [0.3, 0.4) is 0 Å². The van der Waals surface area contributed by atoms with E-state index < -0.39 is 23.4 Å². The van der Waals surface area contributed by atoms with Gasteiger partial charge in [-0.15, -0.1) is 0 Å². The lowest BCUT2D eigenvalue weighted by atomic mass is 10.1. The summed E-state index contributed by atoms with van der Waals surface area (Å²) in [4.78, 5) is 11.8. The first-order chi connectivity index (χ1) is 9.49. The first kappa shape index (κ1) is 14.6. The third kappa shape index (κ3) is 3.19. The maximum Gasteiger partial charge on any atom is 0.254 e. The Balaban J connectivity index is 2.08. The maximum atomic E-state index is 13.7. The molecule has 0 aliphatic carbocycles. The summed E-state index contributed by atoms with van der Waals surface area (Å²) in [6.07, 6.45) is 0. The smallest absolute Gasteiger partial charge is 0.254 e. The van der Waals surface area contributed by atoms with Crippen molar-refractivity contribution < 1.29 is 18.0 Å². The third-order valence-electron chi connectivity index (χ3n) is 2.63. The molecule has 2 aromatic rings. The van der Waals surface area contributed by atoms with Gasteiger partial charge in [0.05, 0.1) is 10.0 Å². The van der Waals surface area contributed by atoms with Crippen LogP contribution in [-0.4, -0.2) is 5.91 Å². The Kier molecular flexibility index (Phi) is 4.44. The van der Waals surface area contributed by atoms with Gasteiger partial charge in [-0.2, -0.15) is 0 Å². The predicted molar refractivity (Wildman–Crippen MR) is 71.6 cm³/mol. The van der Waals surface area contributed by atoms with Gasteiger partial charge in [0.1, 0.15) is 5.82 Å². The van der Waals surface area contributed by atoms with Gasteiger partial charge in [-0.3, -0.25) is 4.79 Å². The molecular formula is C14H9BrF3NO. The molecule has 20 heavy (non-hydrogen) atoms. The van der Waals surface area contributed by atoms with E-state index in [1.54, 1.807) is 0 Å². The van der Waals surface area contributed by atoms with Crippen LogP contribution in [0.25, 0.3) is 0 Å². The molecule has 1 amide bonds. The van der Waals surface area contributed by atoms with E-state index in [9.17, 15) is 18.0 Å². The molecule has 6 heteroatoms. The first-order valence-electron chi connectivity index (χ1n) is 5.65. The average molecular weight is 344 g/mol. The largest absolute Gasteiger partial charge is 0.348 e. The molecule has 104 valence electrons. The molecule has 2 nitrogen and oxygen atoms in total. The summed E-state index contributed by atoms with van der Waals surface area (Å²) < 4.78 is 39.6. The zero-order valence-electron chi connectivity index (χ0n) is 10.1. The van der Waals surface area contributed by atoms with Gasteiger partial charge in [0.25, 0.3) is 5.91 Å². The van der Waals surface area contributed by atoms with Gasteiger partial charge in [0.15, 0.2) is 11.6 Å². The molecule has 0 heterocycles. The van der Waals surface area contributed by atoms with Gasteiger partial charge in [-0.05, 0) is 45.8 Å². The fourth-order valence-corrected chi connectivity index (χ4v) is 1.97. The van der Waals surface area contributed by atoms with Crippen molar-refractivity contribution in [3.05, 3.63) is 69.4 Å². The van der Waals surface area contributed by atoms with Crippen molar-refractivity contribution in [1.29, 1.82) is 0 Å². The molecule has 1 N–H and O–H groups in total. The fourth-order valence-electron chi connectivity index (χ4n) is 1.61. The highest BCUT2D eigenvalue weighted by atomic mass is 79.9. The Morgan fingerprint density at radius 3 is 2.55 bits per heavy atom.